The minimum atomic E-state index is -0.895. The summed E-state index contributed by atoms with van der Waals surface area (Å²) in [6.07, 6.45) is -0.0931. The van der Waals surface area contributed by atoms with Gasteiger partial charge in [0.2, 0.25) is 6.79 Å². The summed E-state index contributed by atoms with van der Waals surface area (Å²) in [6.45, 7) is 0.197. The van der Waals surface area contributed by atoms with E-state index >= 15 is 0 Å². The van der Waals surface area contributed by atoms with Crippen LogP contribution < -0.4 is 9.47 Å². The van der Waals surface area contributed by atoms with Crippen LogP contribution in [0.3, 0.4) is 0 Å². The quantitative estimate of drug-likeness (QED) is 0.765. The highest BCUT2D eigenvalue weighted by Gasteiger charge is 2.19. The van der Waals surface area contributed by atoms with Crippen LogP contribution >= 0.6 is 11.6 Å². The van der Waals surface area contributed by atoms with Crippen LogP contribution in [0.15, 0.2) is 36.4 Å². The SMILES string of the molecule is O=C(O)Cc1c(-c2ccc3c(c2)OCO3)[nH]c2ccc(Cl)cc12. The Kier molecular flexibility index (Phi) is 3.16. The number of aromatic nitrogens is 1. The summed E-state index contributed by atoms with van der Waals surface area (Å²) in [4.78, 5) is 14.6. The van der Waals surface area contributed by atoms with E-state index in [9.17, 15) is 9.90 Å². The molecule has 0 atom stereocenters. The number of H-pyrrole nitrogens is 1. The summed E-state index contributed by atoms with van der Waals surface area (Å²) in [5.74, 6) is 0.445. The average molecular weight is 330 g/mol. The first kappa shape index (κ1) is 14.0. The molecular weight excluding hydrogens is 318 g/mol. The molecule has 0 fully saturated rings. The van der Waals surface area contributed by atoms with Crippen molar-refractivity contribution < 1.29 is 19.4 Å². The number of carboxylic acid groups (broad SMARTS) is 1. The highest BCUT2D eigenvalue weighted by molar-refractivity contribution is 6.31. The van der Waals surface area contributed by atoms with Crippen molar-refractivity contribution in [2.45, 2.75) is 6.42 Å². The van der Waals surface area contributed by atoms with Gasteiger partial charge in [0, 0.05) is 21.5 Å². The molecule has 2 heterocycles. The van der Waals surface area contributed by atoms with Crippen LogP contribution in [0.2, 0.25) is 5.02 Å². The molecule has 0 aliphatic carbocycles. The number of benzene rings is 2. The number of halogens is 1. The van der Waals surface area contributed by atoms with Crippen molar-refractivity contribution in [3.05, 3.63) is 47.0 Å². The molecule has 116 valence electrons. The molecule has 0 saturated carbocycles. The fourth-order valence-corrected chi connectivity index (χ4v) is 3.03. The smallest absolute Gasteiger partial charge is 0.307 e. The molecule has 0 spiro atoms. The standard InChI is InChI=1S/C17H12ClNO4/c18-10-2-3-13-11(6-10)12(7-16(20)21)17(19-13)9-1-4-14-15(5-9)23-8-22-14/h1-6,19H,7-8H2,(H,20,21). The fourth-order valence-electron chi connectivity index (χ4n) is 2.85. The topological polar surface area (TPSA) is 71.6 Å². The Morgan fingerprint density at radius 1 is 1.17 bits per heavy atom. The highest BCUT2D eigenvalue weighted by atomic mass is 35.5. The van der Waals surface area contributed by atoms with Crippen LogP contribution in [0.1, 0.15) is 5.56 Å². The monoisotopic (exact) mass is 329 g/mol. The summed E-state index contributed by atoms with van der Waals surface area (Å²) in [5.41, 5.74) is 3.15. The van der Waals surface area contributed by atoms with Crippen molar-refractivity contribution in [2.75, 3.05) is 6.79 Å². The van der Waals surface area contributed by atoms with Gasteiger partial charge in [-0.25, -0.2) is 0 Å². The first-order valence-electron chi connectivity index (χ1n) is 7.04. The Hall–Kier alpha value is -2.66. The van der Waals surface area contributed by atoms with Gasteiger partial charge in [-0.15, -0.1) is 0 Å². The molecule has 6 heteroatoms. The molecule has 23 heavy (non-hydrogen) atoms. The van der Waals surface area contributed by atoms with Gasteiger partial charge in [-0.3, -0.25) is 4.79 Å². The van der Waals surface area contributed by atoms with E-state index in [0.29, 0.717) is 22.1 Å². The van der Waals surface area contributed by atoms with Crippen molar-refractivity contribution in [3.63, 3.8) is 0 Å². The molecule has 3 aromatic rings. The number of carboxylic acids is 1. The van der Waals surface area contributed by atoms with Gasteiger partial charge in [0.15, 0.2) is 11.5 Å². The molecule has 0 radical (unpaired) electrons. The number of aromatic amines is 1. The molecule has 1 aliphatic rings. The average Bonchev–Trinajstić information content (AvgIpc) is 3.11. The van der Waals surface area contributed by atoms with Crippen LogP contribution in [-0.2, 0) is 11.2 Å². The number of aliphatic carboxylic acids is 1. The van der Waals surface area contributed by atoms with E-state index in [-0.39, 0.29) is 13.2 Å². The number of rotatable bonds is 3. The Labute approximate surface area is 136 Å². The first-order chi connectivity index (χ1) is 11.1. The minimum absolute atomic E-state index is 0.0931. The Bertz CT molecular complexity index is 932. The number of carbonyl (C=O) groups is 1. The summed E-state index contributed by atoms with van der Waals surface area (Å²) < 4.78 is 10.7. The predicted molar refractivity (Wildman–Crippen MR) is 86.2 cm³/mol. The maximum absolute atomic E-state index is 11.3. The number of hydrogen-bond acceptors (Lipinski definition) is 3. The van der Waals surface area contributed by atoms with Crippen LogP contribution in [0.4, 0.5) is 0 Å². The second kappa shape index (κ2) is 5.21. The lowest BCUT2D eigenvalue weighted by molar-refractivity contribution is -0.136. The summed E-state index contributed by atoms with van der Waals surface area (Å²) >= 11 is 6.06. The van der Waals surface area contributed by atoms with Crippen LogP contribution in [-0.4, -0.2) is 22.9 Å². The van der Waals surface area contributed by atoms with E-state index in [2.05, 4.69) is 4.98 Å². The van der Waals surface area contributed by atoms with E-state index in [1.54, 1.807) is 12.1 Å². The summed E-state index contributed by atoms with van der Waals surface area (Å²) in [6, 6.07) is 10.9. The van der Waals surface area contributed by atoms with Crippen molar-refractivity contribution in [1.29, 1.82) is 0 Å². The lowest BCUT2D eigenvalue weighted by atomic mass is 10.0. The van der Waals surface area contributed by atoms with E-state index in [0.717, 1.165) is 22.2 Å². The molecule has 1 aromatic heterocycles. The van der Waals surface area contributed by atoms with Crippen molar-refractivity contribution in [1.82, 2.24) is 4.98 Å². The number of ether oxygens (including phenoxy) is 2. The van der Waals surface area contributed by atoms with E-state index in [1.165, 1.54) is 0 Å². The zero-order valence-corrected chi connectivity index (χ0v) is 12.7. The zero-order chi connectivity index (χ0) is 16.0. The lowest BCUT2D eigenvalue weighted by Gasteiger charge is -2.04. The third-order valence-corrected chi connectivity index (χ3v) is 4.09. The molecule has 0 amide bonds. The summed E-state index contributed by atoms with van der Waals surface area (Å²) in [5, 5.41) is 10.6. The molecule has 2 N–H and O–H groups in total. The molecule has 1 aliphatic heterocycles. The molecule has 2 aromatic carbocycles. The Morgan fingerprint density at radius 3 is 2.83 bits per heavy atom. The molecule has 5 nitrogen and oxygen atoms in total. The maximum Gasteiger partial charge on any atom is 0.307 e. The van der Waals surface area contributed by atoms with Gasteiger partial charge >= 0.3 is 5.97 Å². The van der Waals surface area contributed by atoms with E-state index < -0.39 is 5.97 Å². The Balaban J connectivity index is 1.93. The van der Waals surface area contributed by atoms with Crippen LogP contribution in [0.25, 0.3) is 22.2 Å². The van der Waals surface area contributed by atoms with E-state index in [4.69, 9.17) is 21.1 Å². The van der Waals surface area contributed by atoms with E-state index in [1.807, 2.05) is 24.3 Å². The van der Waals surface area contributed by atoms with Gasteiger partial charge in [0.1, 0.15) is 0 Å². The summed E-state index contributed by atoms with van der Waals surface area (Å²) in [7, 11) is 0. The second-order valence-electron chi connectivity index (χ2n) is 5.31. The molecule has 0 bridgehead atoms. The molecular formula is C17H12ClNO4. The van der Waals surface area contributed by atoms with Gasteiger partial charge < -0.3 is 19.6 Å². The zero-order valence-electron chi connectivity index (χ0n) is 11.9. The largest absolute Gasteiger partial charge is 0.481 e. The highest BCUT2D eigenvalue weighted by Crippen LogP contribution is 2.38. The minimum Gasteiger partial charge on any atom is -0.481 e. The lowest BCUT2D eigenvalue weighted by Crippen LogP contribution is -2.01. The first-order valence-corrected chi connectivity index (χ1v) is 7.41. The van der Waals surface area contributed by atoms with Crippen LogP contribution in [0.5, 0.6) is 11.5 Å². The van der Waals surface area contributed by atoms with Gasteiger partial charge in [-0.05, 0) is 42.0 Å². The number of fused-ring (bicyclic) bond motifs is 2. The van der Waals surface area contributed by atoms with Gasteiger partial charge in [0.05, 0.1) is 12.1 Å². The van der Waals surface area contributed by atoms with Gasteiger partial charge in [-0.2, -0.15) is 0 Å². The fraction of sp³-hybridized carbons (Fsp3) is 0.118. The van der Waals surface area contributed by atoms with Crippen molar-refractivity contribution >= 4 is 28.5 Å². The molecule has 0 saturated heterocycles. The second-order valence-corrected chi connectivity index (χ2v) is 5.74. The maximum atomic E-state index is 11.3. The van der Waals surface area contributed by atoms with Crippen LogP contribution in [0, 0.1) is 0 Å². The van der Waals surface area contributed by atoms with Crippen molar-refractivity contribution in [3.8, 4) is 22.8 Å². The molecule has 4 rings (SSSR count). The predicted octanol–water partition coefficient (Wildman–Crippen LogP) is 3.84. The number of hydrogen-bond donors (Lipinski definition) is 2. The van der Waals surface area contributed by atoms with Crippen molar-refractivity contribution in [2.24, 2.45) is 0 Å². The normalized spacial score (nSPS) is 12.7. The Morgan fingerprint density at radius 2 is 2.00 bits per heavy atom. The third-order valence-electron chi connectivity index (χ3n) is 3.86. The number of nitrogens with one attached hydrogen (secondary N) is 1. The van der Waals surface area contributed by atoms with Gasteiger partial charge in [-0.1, -0.05) is 11.6 Å². The third kappa shape index (κ3) is 2.39. The van der Waals surface area contributed by atoms with Gasteiger partial charge in [0.25, 0.3) is 0 Å². The molecule has 0 unspecified atom stereocenters.